The third kappa shape index (κ3) is 5.23. The minimum Gasteiger partial charge on any atom is -0.382 e. The van der Waals surface area contributed by atoms with Crippen LogP contribution in [0.2, 0.25) is 0 Å². The van der Waals surface area contributed by atoms with Crippen molar-refractivity contribution in [3.05, 3.63) is 35.1 Å². The van der Waals surface area contributed by atoms with Crippen LogP contribution in [-0.2, 0) is 20.8 Å². The molecule has 0 aliphatic heterocycles. The zero-order valence-corrected chi connectivity index (χ0v) is 10.3. The van der Waals surface area contributed by atoms with Crippen molar-refractivity contribution in [2.24, 2.45) is 0 Å². The van der Waals surface area contributed by atoms with Gasteiger partial charge in [-0.3, -0.25) is 0 Å². The lowest BCUT2D eigenvalue weighted by Gasteiger charge is -2.06. The monoisotopic (exact) mass is 253 g/mol. The summed E-state index contributed by atoms with van der Waals surface area (Å²) in [5.41, 5.74) is 0.803. The molecule has 1 aromatic rings. The predicted octanol–water partition coefficient (Wildman–Crippen LogP) is 1.88. The van der Waals surface area contributed by atoms with Crippen LogP contribution in [0.25, 0.3) is 0 Å². The van der Waals surface area contributed by atoms with Crippen LogP contribution in [-0.4, -0.2) is 33.5 Å². The summed E-state index contributed by atoms with van der Waals surface area (Å²) in [6.07, 6.45) is 0. The van der Waals surface area contributed by atoms with Gasteiger partial charge in [0.1, 0.15) is 11.9 Å². The first-order chi connectivity index (χ1) is 8.77. The van der Waals surface area contributed by atoms with Gasteiger partial charge in [0.15, 0.2) is 0 Å². The molecule has 0 amide bonds. The van der Waals surface area contributed by atoms with E-state index >= 15 is 0 Å². The molecule has 0 aromatic heterocycles. The Morgan fingerprint density at radius 2 is 1.89 bits per heavy atom. The third-order valence-corrected chi connectivity index (χ3v) is 2.22. The Labute approximate surface area is 106 Å². The highest BCUT2D eigenvalue weighted by molar-refractivity contribution is 5.34. The zero-order chi connectivity index (χ0) is 13.2. The van der Waals surface area contributed by atoms with E-state index < -0.39 is 5.82 Å². The summed E-state index contributed by atoms with van der Waals surface area (Å²) in [5, 5.41) is 8.67. The quantitative estimate of drug-likeness (QED) is 0.664. The van der Waals surface area contributed by atoms with Gasteiger partial charge < -0.3 is 14.2 Å². The third-order valence-electron chi connectivity index (χ3n) is 2.22. The summed E-state index contributed by atoms with van der Waals surface area (Å²) < 4.78 is 28.4. The second-order valence-electron chi connectivity index (χ2n) is 3.58. The molecule has 0 saturated carbocycles. The van der Waals surface area contributed by atoms with Gasteiger partial charge in [0.2, 0.25) is 0 Å². The highest BCUT2D eigenvalue weighted by atomic mass is 19.1. The van der Waals surface area contributed by atoms with Crippen molar-refractivity contribution in [2.45, 2.75) is 6.61 Å². The van der Waals surface area contributed by atoms with Crippen LogP contribution in [0.4, 0.5) is 4.39 Å². The van der Waals surface area contributed by atoms with Crippen LogP contribution < -0.4 is 0 Å². The van der Waals surface area contributed by atoms with Gasteiger partial charge >= 0.3 is 0 Å². The molecule has 0 atom stereocenters. The number of hydrogen-bond acceptors (Lipinski definition) is 4. The van der Waals surface area contributed by atoms with Gasteiger partial charge in [-0.2, -0.15) is 5.26 Å². The normalized spacial score (nSPS) is 10.3. The number of hydrogen-bond donors (Lipinski definition) is 0. The lowest BCUT2D eigenvalue weighted by Crippen LogP contribution is -2.08. The molecule has 0 heterocycles. The van der Waals surface area contributed by atoms with E-state index in [1.54, 1.807) is 19.2 Å². The molecule has 1 rings (SSSR count). The van der Waals surface area contributed by atoms with E-state index in [9.17, 15) is 4.39 Å². The Kier molecular flexibility index (Phi) is 6.96. The smallest absolute Gasteiger partial charge is 0.140 e. The summed E-state index contributed by atoms with van der Waals surface area (Å²) in [7, 11) is 1.61. The summed E-state index contributed by atoms with van der Waals surface area (Å²) >= 11 is 0. The molecule has 0 bridgehead atoms. The average Bonchev–Trinajstić information content (AvgIpc) is 2.39. The molecular formula is C13H16FNO3. The van der Waals surface area contributed by atoms with Crippen molar-refractivity contribution in [3.63, 3.8) is 0 Å². The Morgan fingerprint density at radius 1 is 1.17 bits per heavy atom. The molecule has 98 valence electrons. The van der Waals surface area contributed by atoms with Crippen LogP contribution in [0.15, 0.2) is 18.2 Å². The minimum atomic E-state index is -0.510. The minimum absolute atomic E-state index is 0.0347. The Bertz CT molecular complexity index is 404. The van der Waals surface area contributed by atoms with E-state index in [4.69, 9.17) is 19.5 Å². The molecule has 0 saturated heterocycles. The highest BCUT2D eigenvalue weighted by Gasteiger charge is 2.02. The van der Waals surface area contributed by atoms with E-state index in [1.807, 2.05) is 0 Å². The molecule has 0 unspecified atom stereocenters. The molecule has 0 N–H and O–H groups in total. The number of rotatable bonds is 8. The van der Waals surface area contributed by atoms with Crippen molar-refractivity contribution in [2.75, 3.05) is 33.5 Å². The van der Waals surface area contributed by atoms with Crippen molar-refractivity contribution in [1.82, 2.24) is 0 Å². The van der Waals surface area contributed by atoms with Gasteiger partial charge in [0, 0.05) is 7.11 Å². The molecular weight excluding hydrogens is 237 g/mol. The number of benzene rings is 1. The van der Waals surface area contributed by atoms with Crippen molar-refractivity contribution in [3.8, 4) is 6.07 Å². The maximum Gasteiger partial charge on any atom is 0.140 e. The second kappa shape index (κ2) is 8.59. The first-order valence-electron chi connectivity index (χ1n) is 5.61. The van der Waals surface area contributed by atoms with Crippen molar-refractivity contribution < 1.29 is 18.6 Å². The van der Waals surface area contributed by atoms with Gasteiger partial charge in [-0.1, -0.05) is 6.07 Å². The SMILES string of the molecule is COCCOCCOCc1ccc(F)c(C#N)c1. The Balaban J connectivity index is 2.22. The van der Waals surface area contributed by atoms with Crippen molar-refractivity contribution >= 4 is 0 Å². The number of ether oxygens (including phenoxy) is 3. The van der Waals surface area contributed by atoms with Gasteiger partial charge in [-0.25, -0.2) is 4.39 Å². The summed E-state index contributed by atoms with van der Waals surface area (Å²) in [6.45, 7) is 2.36. The maximum atomic E-state index is 13.0. The van der Waals surface area contributed by atoms with Crippen molar-refractivity contribution in [1.29, 1.82) is 5.26 Å². The van der Waals surface area contributed by atoms with E-state index in [-0.39, 0.29) is 5.56 Å². The fourth-order valence-corrected chi connectivity index (χ4v) is 1.30. The largest absolute Gasteiger partial charge is 0.382 e. The number of halogens is 1. The number of nitriles is 1. The zero-order valence-electron chi connectivity index (χ0n) is 10.3. The lowest BCUT2D eigenvalue weighted by molar-refractivity contribution is 0.0199. The molecule has 5 heteroatoms. The Hall–Kier alpha value is -1.48. The first kappa shape index (κ1) is 14.6. The molecule has 18 heavy (non-hydrogen) atoms. The summed E-state index contributed by atoms with van der Waals surface area (Å²) in [6, 6.07) is 6.15. The highest BCUT2D eigenvalue weighted by Crippen LogP contribution is 2.10. The first-order valence-corrected chi connectivity index (χ1v) is 5.61. The topological polar surface area (TPSA) is 51.5 Å². The predicted molar refractivity (Wildman–Crippen MR) is 63.5 cm³/mol. The molecule has 0 fully saturated rings. The van der Waals surface area contributed by atoms with E-state index in [1.165, 1.54) is 12.1 Å². The molecule has 1 aromatic carbocycles. The van der Waals surface area contributed by atoms with Gasteiger partial charge in [-0.15, -0.1) is 0 Å². The standard InChI is InChI=1S/C13H16FNO3/c1-16-4-5-17-6-7-18-10-11-2-3-13(14)12(8-11)9-15/h2-3,8H,4-7,10H2,1H3. The molecule has 0 aliphatic carbocycles. The maximum absolute atomic E-state index is 13.0. The molecule has 0 radical (unpaired) electrons. The van der Waals surface area contributed by atoms with E-state index in [2.05, 4.69) is 0 Å². The lowest BCUT2D eigenvalue weighted by atomic mass is 10.1. The summed E-state index contributed by atoms with van der Waals surface area (Å²) in [5.74, 6) is -0.510. The number of methoxy groups -OCH3 is 1. The fourth-order valence-electron chi connectivity index (χ4n) is 1.30. The van der Waals surface area contributed by atoms with Crippen LogP contribution in [0.1, 0.15) is 11.1 Å². The van der Waals surface area contributed by atoms with Gasteiger partial charge in [0.05, 0.1) is 38.6 Å². The summed E-state index contributed by atoms with van der Waals surface area (Å²) in [4.78, 5) is 0. The number of nitrogens with zero attached hydrogens (tertiary/aromatic N) is 1. The van der Waals surface area contributed by atoms with Gasteiger partial charge in [0.25, 0.3) is 0 Å². The second-order valence-corrected chi connectivity index (χ2v) is 3.58. The van der Waals surface area contributed by atoms with Crippen LogP contribution >= 0.6 is 0 Å². The van der Waals surface area contributed by atoms with Crippen LogP contribution in [0.3, 0.4) is 0 Å². The molecule has 0 spiro atoms. The Morgan fingerprint density at radius 3 is 2.61 bits per heavy atom. The van der Waals surface area contributed by atoms with Crippen LogP contribution in [0.5, 0.6) is 0 Å². The average molecular weight is 253 g/mol. The van der Waals surface area contributed by atoms with Gasteiger partial charge in [-0.05, 0) is 17.7 Å². The fraction of sp³-hybridized carbons (Fsp3) is 0.462. The van der Waals surface area contributed by atoms with E-state index in [0.717, 1.165) is 5.56 Å². The van der Waals surface area contributed by atoms with Crippen LogP contribution in [0, 0.1) is 17.1 Å². The molecule has 0 aliphatic rings. The van der Waals surface area contributed by atoms with E-state index in [0.29, 0.717) is 33.0 Å². The molecule has 4 nitrogen and oxygen atoms in total.